The van der Waals surface area contributed by atoms with Gasteiger partial charge in [-0.25, -0.2) is 0 Å². The topological polar surface area (TPSA) is 55.5 Å². The molecule has 0 bridgehead atoms. The molecular weight excluding hydrogens is 262 g/mol. The van der Waals surface area contributed by atoms with Crippen LogP contribution in [0.2, 0.25) is 0 Å². The molecule has 0 aromatic heterocycles. The van der Waals surface area contributed by atoms with E-state index in [9.17, 15) is 5.11 Å². The molecule has 0 aliphatic carbocycles. The maximum atomic E-state index is 10.1. The molecule has 2 aromatic carbocycles. The lowest BCUT2D eigenvalue weighted by molar-refractivity contribution is 0.304. The normalized spacial score (nSPS) is 12.1. The molecule has 3 nitrogen and oxygen atoms in total. The summed E-state index contributed by atoms with van der Waals surface area (Å²) in [4.78, 5) is 0. The van der Waals surface area contributed by atoms with Gasteiger partial charge in [0.2, 0.25) is 0 Å². The molecule has 3 N–H and O–H groups in total. The second-order valence-electron chi connectivity index (χ2n) is 5.24. The van der Waals surface area contributed by atoms with Crippen molar-refractivity contribution >= 4 is 0 Å². The van der Waals surface area contributed by atoms with E-state index < -0.39 is 0 Å². The van der Waals surface area contributed by atoms with Crippen molar-refractivity contribution in [1.82, 2.24) is 0 Å². The summed E-state index contributed by atoms with van der Waals surface area (Å²) in [7, 11) is 0. The Labute approximate surface area is 126 Å². The fourth-order valence-electron chi connectivity index (χ4n) is 2.25. The highest BCUT2D eigenvalue weighted by atomic mass is 16.5. The van der Waals surface area contributed by atoms with E-state index in [1.165, 1.54) is 0 Å². The van der Waals surface area contributed by atoms with E-state index in [0.29, 0.717) is 12.4 Å². The summed E-state index contributed by atoms with van der Waals surface area (Å²) in [5.41, 5.74) is 7.98. The maximum Gasteiger partial charge on any atom is 0.124 e. The van der Waals surface area contributed by atoms with Crippen LogP contribution in [0.25, 0.3) is 0 Å². The van der Waals surface area contributed by atoms with Gasteiger partial charge in [-0.3, -0.25) is 0 Å². The maximum absolute atomic E-state index is 10.1. The van der Waals surface area contributed by atoms with Crippen LogP contribution in [0, 0.1) is 0 Å². The third-order valence-corrected chi connectivity index (χ3v) is 3.52. The molecule has 0 heterocycles. The molecule has 0 fully saturated rings. The van der Waals surface area contributed by atoms with Crippen molar-refractivity contribution in [2.45, 2.75) is 38.8 Å². The first-order chi connectivity index (χ1) is 10.2. The molecule has 21 heavy (non-hydrogen) atoms. The smallest absolute Gasteiger partial charge is 0.124 e. The van der Waals surface area contributed by atoms with Crippen molar-refractivity contribution in [1.29, 1.82) is 0 Å². The van der Waals surface area contributed by atoms with Gasteiger partial charge in [-0.2, -0.15) is 0 Å². The van der Waals surface area contributed by atoms with Crippen LogP contribution in [0.5, 0.6) is 11.5 Å². The van der Waals surface area contributed by atoms with E-state index in [1.807, 2.05) is 42.5 Å². The minimum absolute atomic E-state index is 0.117. The van der Waals surface area contributed by atoms with Crippen LogP contribution in [-0.4, -0.2) is 5.11 Å². The van der Waals surface area contributed by atoms with Gasteiger partial charge in [0.1, 0.15) is 18.1 Å². The lowest BCUT2D eigenvalue weighted by Gasteiger charge is -2.14. The summed E-state index contributed by atoms with van der Waals surface area (Å²) >= 11 is 0. The van der Waals surface area contributed by atoms with Gasteiger partial charge in [0.05, 0.1) is 0 Å². The molecule has 0 aliphatic heterocycles. The van der Waals surface area contributed by atoms with Crippen LogP contribution in [0.4, 0.5) is 0 Å². The molecule has 0 spiro atoms. The Morgan fingerprint density at radius 1 is 1.14 bits per heavy atom. The number of ether oxygens (including phenoxy) is 1. The highest BCUT2D eigenvalue weighted by Gasteiger charge is 2.11. The Hall–Kier alpha value is -2.00. The first kappa shape index (κ1) is 15.4. The van der Waals surface area contributed by atoms with Crippen molar-refractivity contribution in [2.24, 2.45) is 5.73 Å². The fraction of sp³-hybridized carbons (Fsp3) is 0.333. The zero-order chi connectivity index (χ0) is 15.1. The Bertz CT molecular complexity index is 554. The number of phenolic OH excluding ortho intramolecular Hbond substituents is 1. The second kappa shape index (κ2) is 7.70. The molecule has 112 valence electrons. The van der Waals surface area contributed by atoms with Gasteiger partial charge < -0.3 is 15.6 Å². The number of nitrogens with two attached hydrogens (primary N) is 1. The van der Waals surface area contributed by atoms with Crippen LogP contribution >= 0.6 is 0 Å². The summed E-state index contributed by atoms with van der Waals surface area (Å²) in [6, 6.07) is 15.2. The van der Waals surface area contributed by atoms with Crippen LogP contribution in [0.3, 0.4) is 0 Å². The summed E-state index contributed by atoms with van der Waals surface area (Å²) < 4.78 is 5.69. The van der Waals surface area contributed by atoms with Crippen molar-refractivity contribution in [3.8, 4) is 11.5 Å². The van der Waals surface area contributed by atoms with Crippen molar-refractivity contribution in [2.75, 3.05) is 0 Å². The molecule has 1 atom stereocenters. The molecule has 0 saturated carbocycles. The second-order valence-corrected chi connectivity index (χ2v) is 5.24. The summed E-state index contributed by atoms with van der Waals surface area (Å²) in [5.74, 6) is 0.868. The summed E-state index contributed by atoms with van der Waals surface area (Å²) in [6.45, 7) is 2.62. The number of benzene rings is 2. The first-order valence-corrected chi connectivity index (χ1v) is 7.46. The molecule has 0 aliphatic rings. The van der Waals surface area contributed by atoms with Gasteiger partial charge in [0.15, 0.2) is 0 Å². The third kappa shape index (κ3) is 4.50. The molecule has 2 rings (SSSR count). The Morgan fingerprint density at radius 2 is 1.90 bits per heavy atom. The number of hydrogen-bond donors (Lipinski definition) is 2. The molecule has 0 unspecified atom stereocenters. The van der Waals surface area contributed by atoms with E-state index in [0.717, 1.165) is 30.4 Å². The van der Waals surface area contributed by atoms with Crippen LogP contribution < -0.4 is 10.5 Å². The van der Waals surface area contributed by atoms with Gasteiger partial charge in [0, 0.05) is 17.7 Å². The predicted octanol–water partition coefficient (Wildman–Crippen LogP) is 4.16. The predicted molar refractivity (Wildman–Crippen MR) is 85.3 cm³/mol. The van der Waals surface area contributed by atoms with Crippen molar-refractivity contribution < 1.29 is 9.84 Å². The quantitative estimate of drug-likeness (QED) is 0.803. The highest BCUT2D eigenvalue weighted by Crippen LogP contribution is 2.30. The number of unbranched alkanes of at least 4 members (excludes halogenated alkanes) is 1. The van der Waals surface area contributed by atoms with Crippen molar-refractivity contribution in [3.05, 3.63) is 59.7 Å². The van der Waals surface area contributed by atoms with E-state index in [4.69, 9.17) is 10.5 Å². The molecule has 0 saturated heterocycles. The monoisotopic (exact) mass is 285 g/mol. The van der Waals surface area contributed by atoms with Gasteiger partial charge in [0.25, 0.3) is 0 Å². The largest absolute Gasteiger partial charge is 0.507 e. The zero-order valence-electron chi connectivity index (χ0n) is 12.5. The SMILES string of the molecule is CCCC[C@H](N)c1ccc(OCc2ccccc2)cc1O. The first-order valence-electron chi connectivity index (χ1n) is 7.46. The zero-order valence-corrected chi connectivity index (χ0v) is 12.5. The van der Waals surface area contributed by atoms with Gasteiger partial charge in [-0.15, -0.1) is 0 Å². The van der Waals surface area contributed by atoms with E-state index in [1.54, 1.807) is 6.07 Å². The Kier molecular flexibility index (Phi) is 5.64. The molecule has 2 aromatic rings. The van der Waals surface area contributed by atoms with E-state index >= 15 is 0 Å². The van der Waals surface area contributed by atoms with Gasteiger partial charge in [-0.05, 0) is 18.1 Å². The minimum Gasteiger partial charge on any atom is -0.507 e. The number of phenols is 1. The molecular formula is C18H23NO2. The number of hydrogen-bond acceptors (Lipinski definition) is 3. The van der Waals surface area contributed by atoms with Crippen LogP contribution in [-0.2, 0) is 6.61 Å². The lowest BCUT2D eigenvalue weighted by Crippen LogP contribution is -2.10. The third-order valence-electron chi connectivity index (χ3n) is 3.52. The number of rotatable bonds is 7. The average Bonchev–Trinajstić information content (AvgIpc) is 2.51. The fourth-order valence-corrected chi connectivity index (χ4v) is 2.25. The van der Waals surface area contributed by atoms with E-state index in [2.05, 4.69) is 6.92 Å². The van der Waals surface area contributed by atoms with Crippen molar-refractivity contribution in [3.63, 3.8) is 0 Å². The standard InChI is InChI=1S/C18H23NO2/c1-2-3-9-17(19)16-11-10-15(12-18(16)20)21-13-14-7-5-4-6-8-14/h4-8,10-12,17,20H,2-3,9,13,19H2,1H3/t17-/m0/s1. The molecule has 3 heteroatoms. The Balaban J connectivity index is 1.98. The number of aromatic hydroxyl groups is 1. The summed E-state index contributed by atoms with van der Waals surface area (Å²) in [5, 5.41) is 10.1. The summed E-state index contributed by atoms with van der Waals surface area (Å²) in [6.07, 6.45) is 3.05. The van der Waals surface area contributed by atoms with Crippen LogP contribution in [0.1, 0.15) is 43.4 Å². The van der Waals surface area contributed by atoms with Crippen LogP contribution in [0.15, 0.2) is 48.5 Å². The molecule has 0 radical (unpaired) electrons. The minimum atomic E-state index is -0.117. The lowest BCUT2D eigenvalue weighted by atomic mass is 10.0. The van der Waals surface area contributed by atoms with E-state index in [-0.39, 0.29) is 11.8 Å². The van der Waals surface area contributed by atoms with Gasteiger partial charge >= 0.3 is 0 Å². The van der Waals surface area contributed by atoms with Gasteiger partial charge in [-0.1, -0.05) is 56.2 Å². The Morgan fingerprint density at radius 3 is 2.57 bits per heavy atom. The average molecular weight is 285 g/mol. The highest BCUT2D eigenvalue weighted by molar-refractivity contribution is 5.41. The molecule has 0 amide bonds.